The molecule has 0 amide bonds. The highest BCUT2D eigenvalue weighted by molar-refractivity contribution is 5.87. The molecule has 0 aromatic carbocycles. The fourth-order valence-corrected chi connectivity index (χ4v) is 1.10. The van der Waals surface area contributed by atoms with E-state index in [-0.39, 0.29) is 23.4 Å². The van der Waals surface area contributed by atoms with Crippen molar-refractivity contribution in [2.45, 2.75) is 34.1 Å². The average Bonchev–Trinajstić information content (AvgIpc) is 1.84. The molecule has 0 rings (SSSR count). The largest absolute Gasteiger partial charge is 0.300 e. The van der Waals surface area contributed by atoms with Gasteiger partial charge < -0.3 is 4.79 Å². The van der Waals surface area contributed by atoms with Gasteiger partial charge >= 0.3 is 0 Å². The molecule has 0 aliphatic heterocycles. The Bertz CT molecular complexity index is 159. The third-order valence-corrected chi connectivity index (χ3v) is 1.65. The molecular formula is C9H16O2. The number of Topliss-reactive ketones (excluding diaryl/α,β-unsaturated/α-hetero) is 2. The van der Waals surface area contributed by atoms with Crippen LogP contribution in [0.5, 0.6) is 0 Å². The predicted molar refractivity (Wildman–Crippen MR) is 44.3 cm³/mol. The number of hydrogen-bond donors (Lipinski definition) is 0. The van der Waals surface area contributed by atoms with Crippen LogP contribution in [0, 0.1) is 11.8 Å². The molecule has 0 saturated heterocycles. The lowest BCUT2D eigenvalue weighted by atomic mass is 9.93. The van der Waals surface area contributed by atoms with E-state index < -0.39 is 0 Å². The lowest BCUT2D eigenvalue weighted by Gasteiger charge is -2.10. The van der Waals surface area contributed by atoms with E-state index in [9.17, 15) is 9.59 Å². The predicted octanol–water partition coefficient (Wildman–Crippen LogP) is 1.83. The van der Waals surface area contributed by atoms with E-state index in [0.29, 0.717) is 6.42 Å². The minimum atomic E-state index is -0.104. The molecule has 0 heterocycles. The topological polar surface area (TPSA) is 34.1 Å². The van der Waals surface area contributed by atoms with Crippen LogP contribution in [0.15, 0.2) is 0 Å². The summed E-state index contributed by atoms with van der Waals surface area (Å²) in [6.07, 6.45) is 0.386. The first-order valence-corrected chi connectivity index (χ1v) is 3.98. The van der Waals surface area contributed by atoms with Crippen molar-refractivity contribution < 1.29 is 9.59 Å². The molecule has 0 spiro atoms. The molecule has 0 unspecified atom stereocenters. The zero-order valence-corrected chi connectivity index (χ0v) is 7.68. The molecule has 0 fully saturated rings. The monoisotopic (exact) mass is 156 g/mol. The second kappa shape index (κ2) is 4.27. The number of carbonyl (C=O) groups is 2. The lowest BCUT2D eigenvalue weighted by Crippen LogP contribution is -2.19. The number of rotatable bonds is 4. The van der Waals surface area contributed by atoms with Crippen LogP contribution in [0.1, 0.15) is 34.1 Å². The SMILES string of the molecule is CC(=O)C[C@@H](C)C(=O)C(C)C. The Morgan fingerprint density at radius 1 is 1.18 bits per heavy atom. The summed E-state index contributed by atoms with van der Waals surface area (Å²) >= 11 is 0. The fourth-order valence-electron chi connectivity index (χ4n) is 1.10. The highest BCUT2D eigenvalue weighted by Gasteiger charge is 2.17. The maximum absolute atomic E-state index is 11.2. The van der Waals surface area contributed by atoms with Gasteiger partial charge in [-0.1, -0.05) is 20.8 Å². The van der Waals surface area contributed by atoms with Gasteiger partial charge in [-0.05, 0) is 6.92 Å². The minimum Gasteiger partial charge on any atom is -0.300 e. The lowest BCUT2D eigenvalue weighted by molar-refractivity contribution is -0.128. The molecule has 0 N–H and O–H groups in total. The quantitative estimate of drug-likeness (QED) is 0.622. The number of hydrogen-bond acceptors (Lipinski definition) is 2. The van der Waals surface area contributed by atoms with E-state index in [4.69, 9.17) is 0 Å². The van der Waals surface area contributed by atoms with Gasteiger partial charge in [0.05, 0.1) is 0 Å². The molecule has 0 radical (unpaired) electrons. The van der Waals surface area contributed by atoms with Crippen molar-refractivity contribution in [3.63, 3.8) is 0 Å². The Labute approximate surface area is 68.0 Å². The van der Waals surface area contributed by atoms with E-state index in [2.05, 4.69) is 0 Å². The van der Waals surface area contributed by atoms with Crippen LogP contribution in [0.3, 0.4) is 0 Å². The molecule has 0 aliphatic carbocycles. The molecule has 2 heteroatoms. The van der Waals surface area contributed by atoms with E-state index in [0.717, 1.165) is 0 Å². The van der Waals surface area contributed by atoms with Gasteiger partial charge in [0.1, 0.15) is 11.6 Å². The standard InChI is InChI=1S/C9H16O2/c1-6(2)9(11)7(3)5-8(4)10/h6-7H,5H2,1-4H3/t7-/m1/s1. The van der Waals surface area contributed by atoms with Crippen LogP contribution in [0.4, 0.5) is 0 Å². The Balaban J connectivity index is 3.93. The van der Waals surface area contributed by atoms with Crippen molar-refractivity contribution in [1.82, 2.24) is 0 Å². The Morgan fingerprint density at radius 3 is 1.91 bits per heavy atom. The zero-order chi connectivity index (χ0) is 9.02. The number of ketones is 2. The summed E-state index contributed by atoms with van der Waals surface area (Å²) in [4.78, 5) is 21.9. The summed E-state index contributed by atoms with van der Waals surface area (Å²) in [6, 6.07) is 0. The second-order valence-electron chi connectivity index (χ2n) is 3.36. The van der Waals surface area contributed by atoms with Crippen LogP contribution in [-0.2, 0) is 9.59 Å². The van der Waals surface area contributed by atoms with E-state index >= 15 is 0 Å². The Hall–Kier alpha value is -0.660. The van der Waals surface area contributed by atoms with E-state index in [1.54, 1.807) is 0 Å². The first-order valence-electron chi connectivity index (χ1n) is 3.98. The van der Waals surface area contributed by atoms with Gasteiger partial charge in [0.2, 0.25) is 0 Å². The average molecular weight is 156 g/mol. The third kappa shape index (κ3) is 3.91. The molecule has 0 aliphatic rings. The van der Waals surface area contributed by atoms with Crippen LogP contribution in [-0.4, -0.2) is 11.6 Å². The van der Waals surface area contributed by atoms with Crippen LogP contribution in [0.25, 0.3) is 0 Å². The molecule has 0 aromatic rings. The molecule has 64 valence electrons. The van der Waals surface area contributed by atoms with Crippen LogP contribution < -0.4 is 0 Å². The van der Waals surface area contributed by atoms with Crippen molar-refractivity contribution in [3.05, 3.63) is 0 Å². The third-order valence-electron chi connectivity index (χ3n) is 1.65. The summed E-state index contributed by atoms with van der Waals surface area (Å²) in [5, 5.41) is 0. The van der Waals surface area contributed by atoms with Gasteiger partial charge in [-0.3, -0.25) is 4.79 Å². The van der Waals surface area contributed by atoms with E-state index in [1.807, 2.05) is 20.8 Å². The molecule has 0 saturated carbocycles. The maximum atomic E-state index is 11.2. The van der Waals surface area contributed by atoms with Gasteiger partial charge in [-0.15, -0.1) is 0 Å². The highest BCUT2D eigenvalue weighted by Crippen LogP contribution is 2.10. The molecule has 2 nitrogen and oxygen atoms in total. The Kier molecular flexibility index (Phi) is 4.01. The highest BCUT2D eigenvalue weighted by atomic mass is 16.1. The van der Waals surface area contributed by atoms with Crippen LogP contribution >= 0.6 is 0 Å². The molecular weight excluding hydrogens is 140 g/mol. The Morgan fingerprint density at radius 2 is 1.64 bits per heavy atom. The molecule has 11 heavy (non-hydrogen) atoms. The summed E-state index contributed by atoms with van der Waals surface area (Å²) < 4.78 is 0. The van der Waals surface area contributed by atoms with Crippen molar-refractivity contribution in [2.75, 3.05) is 0 Å². The van der Waals surface area contributed by atoms with Crippen LogP contribution in [0.2, 0.25) is 0 Å². The van der Waals surface area contributed by atoms with Crippen molar-refractivity contribution >= 4 is 11.6 Å². The van der Waals surface area contributed by atoms with Gasteiger partial charge in [0.25, 0.3) is 0 Å². The smallest absolute Gasteiger partial charge is 0.138 e. The summed E-state index contributed by atoms with van der Waals surface area (Å²) in [5.74, 6) is 0.212. The van der Waals surface area contributed by atoms with Gasteiger partial charge in [0, 0.05) is 18.3 Å². The maximum Gasteiger partial charge on any atom is 0.138 e. The molecule has 0 bridgehead atoms. The summed E-state index contributed by atoms with van der Waals surface area (Å²) in [5.41, 5.74) is 0. The second-order valence-corrected chi connectivity index (χ2v) is 3.36. The summed E-state index contributed by atoms with van der Waals surface area (Å²) in [6.45, 7) is 7.05. The fraction of sp³-hybridized carbons (Fsp3) is 0.778. The number of carbonyl (C=O) groups excluding carboxylic acids is 2. The van der Waals surface area contributed by atoms with Crippen molar-refractivity contribution in [3.8, 4) is 0 Å². The first-order chi connectivity index (χ1) is 4.95. The van der Waals surface area contributed by atoms with Crippen molar-refractivity contribution in [1.29, 1.82) is 0 Å². The first kappa shape index (κ1) is 10.3. The molecule has 0 aromatic heterocycles. The molecule has 1 atom stereocenters. The van der Waals surface area contributed by atoms with Gasteiger partial charge in [-0.2, -0.15) is 0 Å². The summed E-state index contributed by atoms with van der Waals surface area (Å²) in [7, 11) is 0. The van der Waals surface area contributed by atoms with Crippen molar-refractivity contribution in [2.24, 2.45) is 11.8 Å². The zero-order valence-electron chi connectivity index (χ0n) is 7.68. The van der Waals surface area contributed by atoms with Gasteiger partial charge in [0.15, 0.2) is 0 Å². The normalized spacial score (nSPS) is 13.2. The minimum absolute atomic E-state index is 0.0457. The van der Waals surface area contributed by atoms with E-state index in [1.165, 1.54) is 6.92 Å². The van der Waals surface area contributed by atoms with Gasteiger partial charge in [-0.25, -0.2) is 0 Å².